The number of rotatable bonds is 2. The average molecular weight is 265 g/mol. The van der Waals surface area contributed by atoms with Crippen molar-refractivity contribution in [1.82, 2.24) is 4.98 Å². The Hall–Kier alpha value is -1.99. The molecule has 18 heavy (non-hydrogen) atoms. The van der Waals surface area contributed by atoms with E-state index in [9.17, 15) is 8.78 Å². The minimum absolute atomic E-state index is 0.0491. The van der Waals surface area contributed by atoms with Gasteiger partial charge in [-0.3, -0.25) is 0 Å². The van der Waals surface area contributed by atoms with Crippen LogP contribution in [-0.4, -0.2) is 4.98 Å². The van der Waals surface area contributed by atoms with Gasteiger partial charge in [-0.15, -0.1) is 0 Å². The minimum Gasteiger partial charge on any atom is -0.244 e. The molecule has 1 heterocycles. The molecule has 0 aliphatic carbocycles. The fraction of sp³-hybridized carbons (Fsp3) is 0.0769. The van der Waals surface area contributed by atoms with Gasteiger partial charge in [-0.1, -0.05) is 23.7 Å². The number of pyridine rings is 1. The summed E-state index contributed by atoms with van der Waals surface area (Å²) < 4.78 is 26.9. The van der Waals surface area contributed by atoms with Crippen molar-refractivity contribution in [1.29, 1.82) is 5.26 Å². The van der Waals surface area contributed by atoms with Crippen LogP contribution in [0, 0.1) is 23.0 Å². The van der Waals surface area contributed by atoms with Gasteiger partial charge in [0.25, 0.3) is 0 Å². The third kappa shape index (κ3) is 2.31. The lowest BCUT2D eigenvalue weighted by atomic mass is 10.00. The molecule has 0 N–H and O–H groups in total. The third-order valence-corrected chi connectivity index (χ3v) is 2.67. The SMILES string of the molecule is N#CCc1cc(Cl)ncc1-c1cccc(F)c1F. The molecule has 0 aliphatic heterocycles. The molecule has 0 fully saturated rings. The fourth-order valence-electron chi connectivity index (χ4n) is 1.65. The third-order valence-electron chi connectivity index (χ3n) is 2.47. The summed E-state index contributed by atoms with van der Waals surface area (Å²) in [4.78, 5) is 3.84. The van der Waals surface area contributed by atoms with Crippen molar-refractivity contribution in [2.45, 2.75) is 6.42 Å². The highest BCUT2D eigenvalue weighted by atomic mass is 35.5. The van der Waals surface area contributed by atoms with E-state index >= 15 is 0 Å². The standard InChI is InChI=1S/C13H7ClF2N2/c14-12-6-8(4-5-17)10(7-18-12)9-2-1-3-11(15)13(9)16/h1-3,6-7H,4H2. The zero-order chi connectivity index (χ0) is 13.1. The minimum atomic E-state index is -0.958. The molecule has 2 rings (SSSR count). The topological polar surface area (TPSA) is 36.7 Å². The van der Waals surface area contributed by atoms with E-state index < -0.39 is 11.6 Å². The van der Waals surface area contributed by atoms with Gasteiger partial charge in [0.15, 0.2) is 11.6 Å². The zero-order valence-corrected chi connectivity index (χ0v) is 9.88. The summed E-state index contributed by atoms with van der Waals surface area (Å²) in [6.45, 7) is 0. The number of hydrogen-bond acceptors (Lipinski definition) is 2. The molecule has 0 atom stereocenters. The van der Waals surface area contributed by atoms with Crippen LogP contribution in [-0.2, 0) is 6.42 Å². The molecular weight excluding hydrogens is 258 g/mol. The molecule has 0 unspecified atom stereocenters. The van der Waals surface area contributed by atoms with Crippen molar-refractivity contribution in [2.24, 2.45) is 0 Å². The fourth-order valence-corrected chi connectivity index (χ4v) is 1.83. The van der Waals surface area contributed by atoms with E-state index in [1.54, 1.807) is 0 Å². The Morgan fingerprint density at radius 1 is 1.28 bits per heavy atom. The summed E-state index contributed by atoms with van der Waals surface area (Å²) in [7, 11) is 0. The molecule has 1 aromatic heterocycles. The van der Waals surface area contributed by atoms with E-state index in [-0.39, 0.29) is 17.1 Å². The number of nitrogens with zero attached hydrogens (tertiary/aromatic N) is 2. The van der Waals surface area contributed by atoms with Gasteiger partial charge in [0.2, 0.25) is 0 Å². The smallest absolute Gasteiger partial charge is 0.166 e. The van der Waals surface area contributed by atoms with Crippen molar-refractivity contribution < 1.29 is 8.78 Å². The van der Waals surface area contributed by atoms with Gasteiger partial charge in [-0.05, 0) is 17.7 Å². The summed E-state index contributed by atoms with van der Waals surface area (Å²) in [6, 6.07) is 7.30. The lowest BCUT2D eigenvalue weighted by Gasteiger charge is -2.08. The first-order valence-corrected chi connectivity index (χ1v) is 5.47. The van der Waals surface area contributed by atoms with Crippen molar-refractivity contribution in [3.8, 4) is 17.2 Å². The van der Waals surface area contributed by atoms with E-state index in [4.69, 9.17) is 16.9 Å². The molecule has 1 aromatic carbocycles. The van der Waals surface area contributed by atoms with Crippen LogP contribution in [0.3, 0.4) is 0 Å². The lowest BCUT2D eigenvalue weighted by molar-refractivity contribution is 0.511. The molecule has 0 spiro atoms. The van der Waals surface area contributed by atoms with Crippen LogP contribution in [0.15, 0.2) is 30.5 Å². The molecule has 0 saturated heterocycles. The van der Waals surface area contributed by atoms with Gasteiger partial charge in [-0.25, -0.2) is 13.8 Å². The molecule has 2 nitrogen and oxygen atoms in total. The highest BCUT2D eigenvalue weighted by molar-refractivity contribution is 6.29. The summed E-state index contributed by atoms with van der Waals surface area (Å²) >= 11 is 5.72. The van der Waals surface area contributed by atoms with Gasteiger partial charge >= 0.3 is 0 Å². The molecule has 0 saturated carbocycles. The molecule has 2 aromatic rings. The molecular formula is C13H7ClF2N2. The summed E-state index contributed by atoms with van der Waals surface area (Å²) in [5.41, 5.74) is 0.962. The van der Waals surface area contributed by atoms with Crippen LogP contribution in [0.1, 0.15) is 5.56 Å². The predicted octanol–water partition coefficient (Wildman–Crippen LogP) is 3.75. The highest BCUT2D eigenvalue weighted by Crippen LogP contribution is 2.28. The lowest BCUT2D eigenvalue weighted by Crippen LogP contribution is -1.95. The Morgan fingerprint density at radius 2 is 2.06 bits per heavy atom. The molecule has 90 valence electrons. The average Bonchev–Trinajstić information content (AvgIpc) is 2.34. The monoisotopic (exact) mass is 264 g/mol. The Morgan fingerprint density at radius 3 is 2.78 bits per heavy atom. The summed E-state index contributed by atoms with van der Waals surface area (Å²) in [5.74, 6) is -1.90. The van der Waals surface area contributed by atoms with Gasteiger partial charge in [-0.2, -0.15) is 5.26 Å². The van der Waals surface area contributed by atoms with Gasteiger partial charge in [0, 0.05) is 17.3 Å². The van der Waals surface area contributed by atoms with E-state index in [0.29, 0.717) is 11.1 Å². The van der Waals surface area contributed by atoms with Crippen LogP contribution < -0.4 is 0 Å². The van der Waals surface area contributed by atoms with Crippen molar-refractivity contribution >= 4 is 11.6 Å². The molecule has 0 aliphatic rings. The van der Waals surface area contributed by atoms with Crippen LogP contribution in [0.2, 0.25) is 5.15 Å². The first-order valence-electron chi connectivity index (χ1n) is 5.09. The van der Waals surface area contributed by atoms with E-state index in [1.165, 1.54) is 24.4 Å². The molecule has 0 bridgehead atoms. The van der Waals surface area contributed by atoms with E-state index in [1.807, 2.05) is 6.07 Å². The first-order chi connectivity index (χ1) is 8.63. The predicted molar refractivity (Wildman–Crippen MR) is 63.9 cm³/mol. The van der Waals surface area contributed by atoms with E-state index in [2.05, 4.69) is 4.98 Å². The number of halogens is 3. The maximum atomic E-state index is 13.7. The maximum absolute atomic E-state index is 13.7. The second-order valence-electron chi connectivity index (χ2n) is 3.60. The largest absolute Gasteiger partial charge is 0.244 e. The van der Waals surface area contributed by atoms with Gasteiger partial charge in [0.05, 0.1) is 12.5 Å². The van der Waals surface area contributed by atoms with Crippen molar-refractivity contribution in [3.05, 3.63) is 52.8 Å². The number of aromatic nitrogens is 1. The molecule has 5 heteroatoms. The van der Waals surface area contributed by atoms with Crippen LogP contribution in [0.25, 0.3) is 11.1 Å². The Kier molecular flexibility index (Phi) is 3.54. The Bertz CT molecular complexity index is 635. The van der Waals surface area contributed by atoms with Crippen molar-refractivity contribution in [3.63, 3.8) is 0 Å². The highest BCUT2D eigenvalue weighted by Gasteiger charge is 2.13. The Balaban J connectivity index is 2.64. The number of nitriles is 1. The quantitative estimate of drug-likeness (QED) is 0.775. The summed E-state index contributed by atoms with van der Waals surface area (Å²) in [5, 5.41) is 8.93. The van der Waals surface area contributed by atoms with Crippen LogP contribution in [0.5, 0.6) is 0 Å². The second kappa shape index (κ2) is 5.11. The molecule has 0 radical (unpaired) electrons. The normalized spacial score (nSPS) is 10.1. The number of hydrogen-bond donors (Lipinski definition) is 0. The zero-order valence-electron chi connectivity index (χ0n) is 9.12. The Labute approximate surface area is 107 Å². The van der Waals surface area contributed by atoms with E-state index in [0.717, 1.165) is 6.07 Å². The van der Waals surface area contributed by atoms with Gasteiger partial charge < -0.3 is 0 Å². The summed E-state index contributed by atoms with van der Waals surface area (Å²) in [6.07, 6.45) is 1.39. The van der Waals surface area contributed by atoms with Gasteiger partial charge in [0.1, 0.15) is 5.15 Å². The van der Waals surface area contributed by atoms with Crippen LogP contribution in [0.4, 0.5) is 8.78 Å². The second-order valence-corrected chi connectivity index (χ2v) is 3.99. The van der Waals surface area contributed by atoms with Crippen molar-refractivity contribution in [2.75, 3.05) is 0 Å². The first kappa shape index (κ1) is 12.5. The maximum Gasteiger partial charge on any atom is 0.166 e. The molecule has 0 amide bonds. The van der Waals surface area contributed by atoms with Crippen LogP contribution >= 0.6 is 11.6 Å². The number of benzene rings is 1.